The molecule has 0 unspecified atom stereocenters. The smallest absolute Gasteiger partial charge is 0.239 e. The van der Waals surface area contributed by atoms with Crippen LogP contribution >= 0.6 is 0 Å². The van der Waals surface area contributed by atoms with Crippen molar-refractivity contribution < 1.29 is 64.2 Å². The first-order valence-electron chi connectivity index (χ1n) is 12.3. The molecule has 0 radical (unpaired) electrons. The van der Waals surface area contributed by atoms with Gasteiger partial charge in [-0.1, -0.05) is 0 Å². The molecule has 14 nitrogen and oxygen atoms in total. The summed E-state index contributed by atoms with van der Waals surface area (Å²) in [6, 6.07) is 7.69. The van der Waals surface area contributed by atoms with Crippen molar-refractivity contribution in [3.05, 3.63) is 46.6 Å². The Bertz CT molecular complexity index is 1420. The Morgan fingerprint density at radius 1 is 0.825 bits per heavy atom. The summed E-state index contributed by atoms with van der Waals surface area (Å²) >= 11 is 0. The first kappa shape index (κ1) is 28.1. The molecule has 9 atom stereocenters. The molecule has 2 aromatic carbocycles. The summed E-state index contributed by atoms with van der Waals surface area (Å²) in [7, 11) is 0. The lowest BCUT2D eigenvalue weighted by atomic mass is 10.00. The second-order valence-electron chi connectivity index (χ2n) is 9.62. The summed E-state index contributed by atoms with van der Waals surface area (Å²) in [5, 5.41) is 80.5. The first-order chi connectivity index (χ1) is 19.0. The SMILES string of the molecule is C[C@H]1O[C@@H](Oc2cc(O)c3c(=O)c(O[C@@H]4OC[C@@H](O)[C@@H](O)[C@H]4O)c(-c4ccc(O)cc4)oc3c2)[C@@H](O)[C@@H](O)[C@H]1O. The number of phenolic OH excluding ortho intramolecular Hbond substituents is 2. The second-order valence-corrected chi connectivity index (χ2v) is 9.62. The number of rotatable bonds is 5. The quantitative estimate of drug-likeness (QED) is 0.184. The zero-order valence-corrected chi connectivity index (χ0v) is 20.9. The van der Waals surface area contributed by atoms with Gasteiger partial charge in [0.1, 0.15) is 64.8 Å². The molecule has 0 saturated carbocycles. The Morgan fingerprint density at radius 2 is 1.50 bits per heavy atom. The number of aliphatic hydroxyl groups is 6. The van der Waals surface area contributed by atoms with Crippen molar-refractivity contribution in [2.75, 3.05) is 6.61 Å². The highest BCUT2D eigenvalue weighted by molar-refractivity contribution is 5.88. The van der Waals surface area contributed by atoms with Crippen molar-refractivity contribution in [1.82, 2.24) is 0 Å². The first-order valence-corrected chi connectivity index (χ1v) is 12.3. The number of hydrogen-bond acceptors (Lipinski definition) is 14. The van der Waals surface area contributed by atoms with Gasteiger partial charge in [-0.25, -0.2) is 0 Å². The van der Waals surface area contributed by atoms with E-state index < -0.39 is 78.8 Å². The number of benzene rings is 2. The van der Waals surface area contributed by atoms with Crippen LogP contribution in [-0.4, -0.2) is 103 Å². The van der Waals surface area contributed by atoms with Crippen LogP contribution in [0.5, 0.6) is 23.0 Å². The fraction of sp³-hybridized carbons (Fsp3) is 0.423. The number of aromatic hydroxyl groups is 2. The van der Waals surface area contributed by atoms with Crippen molar-refractivity contribution in [3.8, 4) is 34.3 Å². The largest absolute Gasteiger partial charge is 0.508 e. The third-order valence-corrected chi connectivity index (χ3v) is 6.78. The van der Waals surface area contributed by atoms with Gasteiger partial charge in [-0.2, -0.15) is 0 Å². The Balaban J connectivity index is 1.58. The van der Waals surface area contributed by atoms with E-state index in [0.29, 0.717) is 0 Å². The highest BCUT2D eigenvalue weighted by Crippen LogP contribution is 2.38. The lowest BCUT2D eigenvalue weighted by Crippen LogP contribution is -2.58. The summed E-state index contributed by atoms with van der Waals surface area (Å²) < 4.78 is 27.9. The van der Waals surface area contributed by atoms with Crippen LogP contribution in [0.3, 0.4) is 0 Å². The van der Waals surface area contributed by atoms with Gasteiger partial charge in [0.25, 0.3) is 0 Å². The fourth-order valence-corrected chi connectivity index (χ4v) is 4.48. The fourth-order valence-electron chi connectivity index (χ4n) is 4.48. The van der Waals surface area contributed by atoms with Crippen LogP contribution in [0.15, 0.2) is 45.6 Å². The molecule has 40 heavy (non-hydrogen) atoms. The maximum atomic E-state index is 13.6. The highest BCUT2D eigenvalue weighted by atomic mass is 16.7. The normalized spacial score (nSPS) is 32.6. The van der Waals surface area contributed by atoms with Crippen LogP contribution in [-0.2, 0) is 9.47 Å². The van der Waals surface area contributed by atoms with E-state index in [1.807, 2.05) is 0 Å². The molecule has 8 N–H and O–H groups in total. The molecule has 3 aromatic rings. The van der Waals surface area contributed by atoms with Gasteiger partial charge in [-0.05, 0) is 31.2 Å². The van der Waals surface area contributed by atoms with Crippen molar-refractivity contribution in [1.29, 1.82) is 0 Å². The number of phenols is 2. The summed E-state index contributed by atoms with van der Waals surface area (Å²) in [5.74, 6) is -1.54. The van der Waals surface area contributed by atoms with E-state index in [1.165, 1.54) is 37.3 Å². The molecule has 1 aromatic heterocycles. The molecule has 216 valence electrons. The Labute approximate surface area is 225 Å². The molecule has 0 amide bonds. The van der Waals surface area contributed by atoms with Gasteiger partial charge in [0.15, 0.2) is 5.76 Å². The molecule has 3 heterocycles. The molecule has 2 aliphatic heterocycles. The molecular formula is C26H28O14. The van der Waals surface area contributed by atoms with Crippen LogP contribution in [0.2, 0.25) is 0 Å². The van der Waals surface area contributed by atoms with Crippen molar-refractivity contribution in [3.63, 3.8) is 0 Å². The average molecular weight is 564 g/mol. The third-order valence-electron chi connectivity index (χ3n) is 6.78. The molecule has 0 spiro atoms. The maximum absolute atomic E-state index is 13.6. The van der Waals surface area contributed by atoms with Crippen molar-refractivity contribution in [2.24, 2.45) is 0 Å². The lowest BCUT2D eigenvalue weighted by Gasteiger charge is -2.38. The molecule has 0 aliphatic carbocycles. The highest BCUT2D eigenvalue weighted by Gasteiger charge is 2.43. The number of hydrogen-bond donors (Lipinski definition) is 8. The van der Waals surface area contributed by atoms with Gasteiger partial charge < -0.3 is 64.2 Å². The summed E-state index contributed by atoms with van der Waals surface area (Å²) in [5.41, 5.74) is -0.860. The minimum absolute atomic E-state index is 0.0848. The predicted octanol–water partition coefficient (Wildman–Crippen LogP) is -1.10. The second kappa shape index (κ2) is 10.8. The van der Waals surface area contributed by atoms with E-state index in [0.717, 1.165) is 6.07 Å². The van der Waals surface area contributed by atoms with E-state index in [2.05, 4.69) is 0 Å². The predicted molar refractivity (Wildman–Crippen MR) is 133 cm³/mol. The Morgan fingerprint density at radius 3 is 2.20 bits per heavy atom. The van der Waals surface area contributed by atoms with Crippen molar-refractivity contribution in [2.45, 2.75) is 62.2 Å². The minimum Gasteiger partial charge on any atom is -0.508 e. The number of aliphatic hydroxyl groups excluding tert-OH is 6. The van der Waals surface area contributed by atoms with Crippen LogP contribution in [0.4, 0.5) is 0 Å². The molecule has 0 bridgehead atoms. The third kappa shape index (κ3) is 5.07. The minimum atomic E-state index is -1.74. The topological polar surface area (TPSA) is 229 Å². The van der Waals surface area contributed by atoms with E-state index in [9.17, 15) is 45.6 Å². The monoisotopic (exact) mass is 564 g/mol. The number of ether oxygens (including phenoxy) is 4. The van der Waals surface area contributed by atoms with Gasteiger partial charge in [0.2, 0.25) is 23.8 Å². The van der Waals surface area contributed by atoms with Gasteiger partial charge in [-0.3, -0.25) is 4.79 Å². The molecular weight excluding hydrogens is 536 g/mol. The summed E-state index contributed by atoms with van der Waals surface area (Å²) in [6.07, 6.45) is -13.3. The average Bonchev–Trinajstić information content (AvgIpc) is 2.92. The van der Waals surface area contributed by atoms with Crippen LogP contribution in [0, 0.1) is 0 Å². The van der Waals surface area contributed by atoms with E-state index in [-0.39, 0.29) is 33.8 Å². The molecule has 5 rings (SSSR count). The van der Waals surface area contributed by atoms with Crippen LogP contribution in [0.25, 0.3) is 22.3 Å². The standard InChI is InChI=1S/C26H28O14/c1-9-17(30)20(33)22(35)26(37-9)38-12-6-13(28)16-15(7-12)39-23(10-2-4-11(27)5-3-10)24(19(16)32)40-25-21(34)18(31)14(29)8-36-25/h2-7,9,14,17-18,20-22,25-31,33-35H,8H2,1H3/t9-,14-,17+,18-,20+,21-,22+,25+,26+/m1/s1. The summed E-state index contributed by atoms with van der Waals surface area (Å²) in [6.45, 7) is 1.06. The lowest BCUT2D eigenvalue weighted by molar-refractivity contribution is -0.268. The van der Waals surface area contributed by atoms with Crippen LogP contribution < -0.4 is 14.9 Å². The van der Waals surface area contributed by atoms with Gasteiger partial charge in [0, 0.05) is 17.7 Å². The molecule has 2 saturated heterocycles. The summed E-state index contributed by atoms with van der Waals surface area (Å²) in [4.78, 5) is 13.6. The van der Waals surface area contributed by atoms with Crippen LogP contribution in [0.1, 0.15) is 6.92 Å². The van der Waals surface area contributed by atoms with Gasteiger partial charge in [0.05, 0.1) is 12.7 Å². The Kier molecular flexibility index (Phi) is 7.60. The molecule has 2 aliphatic rings. The van der Waals surface area contributed by atoms with E-state index in [1.54, 1.807) is 0 Å². The van der Waals surface area contributed by atoms with E-state index >= 15 is 0 Å². The van der Waals surface area contributed by atoms with Gasteiger partial charge in [-0.15, -0.1) is 0 Å². The van der Waals surface area contributed by atoms with Crippen molar-refractivity contribution >= 4 is 11.0 Å². The zero-order valence-electron chi connectivity index (χ0n) is 20.9. The number of fused-ring (bicyclic) bond motifs is 1. The zero-order chi connectivity index (χ0) is 28.9. The maximum Gasteiger partial charge on any atom is 0.239 e. The molecule has 2 fully saturated rings. The van der Waals surface area contributed by atoms with E-state index in [4.69, 9.17) is 23.4 Å². The van der Waals surface area contributed by atoms with Gasteiger partial charge >= 0.3 is 0 Å². The molecule has 14 heteroatoms. The Hall–Kier alpha value is -3.47.